The highest BCUT2D eigenvalue weighted by atomic mass is 19.1. The van der Waals surface area contributed by atoms with Gasteiger partial charge in [-0.15, -0.1) is 0 Å². The van der Waals surface area contributed by atoms with E-state index in [9.17, 15) is 23.9 Å². The predicted molar refractivity (Wildman–Crippen MR) is 127 cm³/mol. The maximum absolute atomic E-state index is 13.4. The molecular weight excluding hydrogens is 455 g/mol. The third kappa shape index (κ3) is 5.32. The molecule has 0 radical (unpaired) electrons. The molecule has 10 heteroatoms. The number of carbonyl (C=O) groups excluding carboxylic acids is 2. The molecule has 0 atom stereocenters. The van der Waals surface area contributed by atoms with Gasteiger partial charge in [-0.2, -0.15) is 0 Å². The van der Waals surface area contributed by atoms with Gasteiger partial charge in [0.05, 0.1) is 12.1 Å². The first-order valence-electron chi connectivity index (χ1n) is 11.4. The fraction of sp³-hybridized carbons (Fsp3) is 0.360. The summed E-state index contributed by atoms with van der Waals surface area (Å²) in [7, 11) is 1.49. The summed E-state index contributed by atoms with van der Waals surface area (Å²) in [6, 6.07) is 7.79. The second-order valence-corrected chi connectivity index (χ2v) is 8.43. The Morgan fingerprint density at radius 2 is 1.97 bits per heavy atom. The molecule has 0 unspecified atom stereocenters. The SMILES string of the molecule is COCCNC(=O)c1c(O)c2ncc(Cc3ccc(F)cc3)cc2n(CCN2CCCC2=O)c1=O. The van der Waals surface area contributed by atoms with E-state index in [0.29, 0.717) is 31.4 Å². The summed E-state index contributed by atoms with van der Waals surface area (Å²) in [5.74, 6) is -1.54. The van der Waals surface area contributed by atoms with Crippen molar-refractivity contribution in [1.82, 2.24) is 19.8 Å². The summed E-state index contributed by atoms with van der Waals surface area (Å²) in [6.07, 6.45) is 3.22. The number of aromatic nitrogens is 2. The molecule has 1 saturated heterocycles. The smallest absolute Gasteiger partial charge is 0.267 e. The Bertz CT molecular complexity index is 1310. The van der Waals surface area contributed by atoms with Crippen LogP contribution in [0, 0.1) is 5.82 Å². The first-order valence-corrected chi connectivity index (χ1v) is 11.4. The lowest BCUT2D eigenvalue weighted by molar-refractivity contribution is -0.127. The summed E-state index contributed by atoms with van der Waals surface area (Å²) < 4.78 is 19.6. The van der Waals surface area contributed by atoms with Gasteiger partial charge in [0.2, 0.25) is 5.91 Å². The average molecular weight is 483 g/mol. The molecule has 1 aliphatic rings. The van der Waals surface area contributed by atoms with Crippen LogP contribution in [-0.2, 0) is 22.5 Å². The molecule has 4 rings (SSSR count). The van der Waals surface area contributed by atoms with E-state index < -0.39 is 22.8 Å². The summed E-state index contributed by atoms with van der Waals surface area (Å²) in [6.45, 7) is 1.46. The lowest BCUT2D eigenvalue weighted by Crippen LogP contribution is -2.37. The zero-order chi connectivity index (χ0) is 24.9. The first-order chi connectivity index (χ1) is 16.9. The highest BCUT2D eigenvalue weighted by Gasteiger charge is 2.25. The summed E-state index contributed by atoms with van der Waals surface area (Å²) in [5, 5.41) is 13.4. The summed E-state index contributed by atoms with van der Waals surface area (Å²) in [5.41, 5.74) is 0.982. The van der Waals surface area contributed by atoms with Crippen LogP contribution in [0.2, 0.25) is 0 Å². The molecule has 2 aromatic heterocycles. The number of hydrogen-bond acceptors (Lipinski definition) is 6. The Morgan fingerprint density at radius 1 is 1.20 bits per heavy atom. The topological polar surface area (TPSA) is 114 Å². The fourth-order valence-electron chi connectivity index (χ4n) is 4.22. The summed E-state index contributed by atoms with van der Waals surface area (Å²) >= 11 is 0. The predicted octanol–water partition coefficient (Wildman–Crippen LogP) is 1.83. The molecular formula is C25H27FN4O5. The van der Waals surface area contributed by atoms with Gasteiger partial charge in [0.15, 0.2) is 5.75 Å². The minimum atomic E-state index is -0.727. The highest BCUT2D eigenvalue weighted by Crippen LogP contribution is 2.26. The van der Waals surface area contributed by atoms with Crippen LogP contribution >= 0.6 is 0 Å². The second-order valence-electron chi connectivity index (χ2n) is 8.43. The molecule has 2 N–H and O–H groups in total. The van der Waals surface area contributed by atoms with Gasteiger partial charge in [-0.1, -0.05) is 12.1 Å². The van der Waals surface area contributed by atoms with Crippen LogP contribution in [0.15, 0.2) is 41.3 Å². The van der Waals surface area contributed by atoms with Crippen LogP contribution in [0.4, 0.5) is 4.39 Å². The zero-order valence-electron chi connectivity index (χ0n) is 19.4. The Labute approximate surface area is 201 Å². The molecule has 2 amide bonds. The van der Waals surface area contributed by atoms with Crippen LogP contribution < -0.4 is 10.9 Å². The van der Waals surface area contributed by atoms with Crippen LogP contribution in [0.5, 0.6) is 5.75 Å². The van der Waals surface area contributed by atoms with E-state index >= 15 is 0 Å². The number of carbonyl (C=O) groups is 2. The van der Waals surface area contributed by atoms with E-state index in [1.165, 1.54) is 23.8 Å². The van der Waals surface area contributed by atoms with Crippen molar-refractivity contribution in [2.24, 2.45) is 0 Å². The number of pyridine rings is 2. The van der Waals surface area contributed by atoms with Gasteiger partial charge in [-0.05, 0) is 42.2 Å². The standard InChI is InChI=1S/C25H27FN4O5/c1-35-12-8-27-24(33)21-23(32)22-19(30(25(21)34)11-10-29-9-2-3-20(29)31)14-17(15-28-22)13-16-4-6-18(26)7-5-16/h4-7,14-15,32H,2-3,8-13H2,1H3,(H,27,33). The minimum Gasteiger partial charge on any atom is -0.505 e. The number of hydrogen-bond donors (Lipinski definition) is 2. The Balaban J connectivity index is 1.75. The Hall–Kier alpha value is -3.79. The molecule has 0 saturated carbocycles. The van der Waals surface area contributed by atoms with Crippen molar-refractivity contribution >= 4 is 22.8 Å². The van der Waals surface area contributed by atoms with E-state index in [1.54, 1.807) is 29.3 Å². The van der Waals surface area contributed by atoms with Crippen molar-refractivity contribution in [2.75, 3.05) is 33.4 Å². The highest BCUT2D eigenvalue weighted by molar-refractivity contribution is 6.01. The molecule has 0 aliphatic carbocycles. The number of aromatic hydroxyl groups is 1. The van der Waals surface area contributed by atoms with Crippen molar-refractivity contribution in [3.63, 3.8) is 0 Å². The number of benzene rings is 1. The van der Waals surface area contributed by atoms with Crippen LogP contribution in [0.1, 0.15) is 34.3 Å². The molecule has 3 aromatic rings. The number of nitrogens with zero attached hydrogens (tertiary/aromatic N) is 3. The van der Waals surface area contributed by atoms with Gasteiger partial charge in [-0.25, -0.2) is 4.39 Å². The van der Waals surface area contributed by atoms with Gasteiger partial charge in [-0.3, -0.25) is 19.4 Å². The minimum absolute atomic E-state index is 0.0220. The molecule has 9 nitrogen and oxygen atoms in total. The number of rotatable bonds is 9. The second kappa shape index (κ2) is 10.6. The number of ether oxygens (including phenoxy) is 1. The average Bonchev–Trinajstić information content (AvgIpc) is 3.25. The first kappa shape index (κ1) is 24.3. The Morgan fingerprint density at radius 3 is 2.66 bits per heavy atom. The van der Waals surface area contributed by atoms with E-state index in [-0.39, 0.29) is 36.9 Å². The molecule has 0 spiro atoms. The van der Waals surface area contributed by atoms with Gasteiger partial charge in [0, 0.05) is 45.9 Å². The maximum atomic E-state index is 13.4. The van der Waals surface area contributed by atoms with Crippen molar-refractivity contribution in [2.45, 2.75) is 25.8 Å². The van der Waals surface area contributed by atoms with Crippen molar-refractivity contribution < 1.29 is 23.8 Å². The molecule has 3 heterocycles. The van der Waals surface area contributed by atoms with E-state index in [0.717, 1.165) is 17.5 Å². The molecule has 1 fully saturated rings. The summed E-state index contributed by atoms with van der Waals surface area (Å²) in [4.78, 5) is 44.3. The van der Waals surface area contributed by atoms with Crippen molar-refractivity contribution in [3.8, 4) is 5.75 Å². The molecule has 1 aromatic carbocycles. The van der Waals surface area contributed by atoms with Crippen LogP contribution in [0.3, 0.4) is 0 Å². The number of amides is 2. The lowest BCUT2D eigenvalue weighted by Gasteiger charge is -2.19. The number of methoxy groups -OCH3 is 1. The fourth-order valence-corrected chi connectivity index (χ4v) is 4.22. The number of nitrogens with one attached hydrogen (secondary N) is 1. The van der Waals surface area contributed by atoms with Crippen LogP contribution in [-0.4, -0.2) is 64.7 Å². The zero-order valence-corrected chi connectivity index (χ0v) is 19.4. The third-order valence-corrected chi connectivity index (χ3v) is 6.04. The van der Waals surface area contributed by atoms with Crippen LogP contribution in [0.25, 0.3) is 11.0 Å². The monoisotopic (exact) mass is 482 g/mol. The molecule has 1 aliphatic heterocycles. The molecule has 0 bridgehead atoms. The number of fused-ring (bicyclic) bond motifs is 1. The lowest BCUT2D eigenvalue weighted by atomic mass is 10.1. The van der Waals surface area contributed by atoms with E-state index in [1.807, 2.05) is 0 Å². The maximum Gasteiger partial charge on any atom is 0.267 e. The number of likely N-dealkylation sites (tertiary alicyclic amines) is 1. The van der Waals surface area contributed by atoms with Gasteiger partial charge in [0.1, 0.15) is 16.9 Å². The third-order valence-electron chi connectivity index (χ3n) is 6.04. The van der Waals surface area contributed by atoms with Gasteiger partial charge >= 0.3 is 0 Å². The van der Waals surface area contributed by atoms with Gasteiger partial charge in [0.25, 0.3) is 11.5 Å². The molecule has 35 heavy (non-hydrogen) atoms. The van der Waals surface area contributed by atoms with E-state index in [2.05, 4.69) is 10.3 Å². The Kier molecular flexibility index (Phi) is 7.40. The number of halogens is 1. The normalized spacial score (nSPS) is 13.5. The van der Waals surface area contributed by atoms with Crippen molar-refractivity contribution in [1.29, 1.82) is 0 Å². The van der Waals surface area contributed by atoms with Crippen molar-refractivity contribution in [3.05, 3.63) is 69.4 Å². The van der Waals surface area contributed by atoms with E-state index in [4.69, 9.17) is 4.74 Å². The largest absolute Gasteiger partial charge is 0.505 e. The quantitative estimate of drug-likeness (QED) is 0.450. The van der Waals surface area contributed by atoms with Gasteiger partial charge < -0.3 is 24.6 Å². The molecule has 184 valence electrons.